The molecule has 0 unspecified atom stereocenters. The highest BCUT2D eigenvalue weighted by atomic mass is 35.5. The van der Waals surface area contributed by atoms with Crippen LogP contribution < -0.4 is 5.32 Å². The van der Waals surface area contributed by atoms with Crippen molar-refractivity contribution in [2.75, 3.05) is 13.2 Å². The van der Waals surface area contributed by atoms with Crippen molar-refractivity contribution in [3.63, 3.8) is 0 Å². The molecule has 0 bridgehead atoms. The first kappa shape index (κ1) is 19.9. The number of aliphatic hydroxyl groups is 1. The van der Waals surface area contributed by atoms with Gasteiger partial charge in [-0.15, -0.1) is 0 Å². The molecule has 150 valence electrons. The van der Waals surface area contributed by atoms with Gasteiger partial charge in [-0.1, -0.05) is 17.7 Å². The zero-order valence-corrected chi connectivity index (χ0v) is 17.9. The molecular formula is C22H23ClN4OS. The van der Waals surface area contributed by atoms with Crippen molar-refractivity contribution in [2.24, 2.45) is 0 Å². The fourth-order valence-corrected chi connectivity index (χ4v) is 4.62. The van der Waals surface area contributed by atoms with Gasteiger partial charge in [0.15, 0.2) is 5.11 Å². The summed E-state index contributed by atoms with van der Waals surface area (Å²) in [6.07, 6.45) is 1.79. The summed E-state index contributed by atoms with van der Waals surface area (Å²) >= 11 is 11.7. The molecule has 3 aromatic rings. The fourth-order valence-electron chi connectivity index (χ4n) is 4.17. The normalized spacial score (nSPS) is 18.9. The summed E-state index contributed by atoms with van der Waals surface area (Å²) in [5.41, 5.74) is 5.41. The lowest BCUT2D eigenvalue weighted by Gasteiger charge is -2.27. The van der Waals surface area contributed by atoms with Gasteiger partial charge in [-0.3, -0.25) is 4.98 Å². The highest BCUT2D eigenvalue weighted by molar-refractivity contribution is 7.80. The lowest BCUT2D eigenvalue weighted by atomic mass is 9.97. The highest BCUT2D eigenvalue weighted by Gasteiger charge is 2.41. The SMILES string of the molecule is Cc1cc([C@@H]2[C@H](c3ccccn3)NC(=S)N2CCO)c(C)n1-c1ccc(Cl)cc1. The van der Waals surface area contributed by atoms with Crippen LogP contribution in [0.5, 0.6) is 0 Å². The molecule has 0 aliphatic carbocycles. The molecule has 2 N–H and O–H groups in total. The molecule has 1 saturated heterocycles. The molecule has 3 heterocycles. The number of aryl methyl sites for hydroxylation is 1. The van der Waals surface area contributed by atoms with Crippen LogP contribution in [0.4, 0.5) is 0 Å². The first-order chi connectivity index (χ1) is 14.0. The number of nitrogens with one attached hydrogen (secondary N) is 1. The monoisotopic (exact) mass is 426 g/mol. The van der Waals surface area contributed by atoms with Crippen LogP contribution in [-0.2, 0) is 0 Å². The molecule has 0 saturated carbocycles. The average Bonchev–Trinajstić information content (AvgIpc) is 3.20. The van der Waals surface area contributed by atoms with Crippen molar-refractivity contribution in [2.45, 2.75) is 25.9 Å². The smallest absolute Gasteiger partial charge is 0.170 e. The minimum absolute atomic E-state index is 0.0309. The minimum Gasteiger partial charge on any atom is -0.395 e. The maximum absolute atomic E-state index is 9.64. The van der Waals surface area contributed by atoms with Crippen molar-refractivity contribution < 1.29 is 5.11 Å². The summed E-state index contributed by atoms with van der Waals surface area (Å²) in [6.45, 7) is 4.70. The number of thiocarbonyl (C=S) groups is 1. The largest absolute Gasteiger partial charge is 0.395 e. The molecule has 1 aliphatic heterocycles. The number of hydrogen-bond acceptors (Lipinski definition) is 3. The summed E-state index contributed by atoms with van der Waals surface area (Å²) in [5.74, 6) is 0. The van der Waals surface area contributed by atoms with E-state index in [9.17, 15) is 5.11 Å². The summed E-state index contributed by atoms with van der Waals surface area (Å²) in [4.78, 5) is 6.62. The fraction of sp³-hybridized carbons (Fsp3) is 0.273. The van der Waals surface area contributed by atoms with Crippen LogP contribution in [0.1, 0.15) is 34.7 Å². The molecule has 5 nitrogen and oxygen atoms in total. The van der Waals surface area contributed by atoms with Crippen LogP contribution in [0.3, 0.4) is 0 Å². The molecule has 7 heteroatoms. The van der Waals surface area contributed by atoms with E-state index in [4.69, 9.17) is 23.8 Å². The van der Waals surface area contributed by atoms with Crippen molar-refractivity contribution >= 4 is 28.9 Å². The van der Waals surface area contributed by atoms with Crippen LogP contribution in [0.25, 0.3) is 5.69 Å². The zero-order valence-electron chi connectivity index (χ0n) is 16.3. The van der Waals surface area contributed by atoms with Crippen molar-refractivity contribution in [1.82, 2.24) is 19.8 Å². The van der Waals surface area contributed by atoms with Gasteiger partial charge in [0.25, 0.3) is 0 Å². The van der Waals surface area contributed by atoms with Crippen LogP contribution in [-0.4, -0.2) is 37.8 Å². The Morgan fingerprint density at radius 1 is 1.17 bits per heavy atom. The zero-order chi connectivity index (χ0) is 20.5. The third-order valence-electron chi connectivity index (χ3n) is 5.41. The second kappa shape index (κ2) is 8.14. The van der Waals surface area contributed by atoms with Crippen LogP contribution >= 0.6 is 23.8 Å². The Hall–Kier alpha value is -2.41. The number of hydrogen-bond donors (Lipinski definition) is 2. The number of benzene rings is 1. The summed E-state index contributed by atoms with van der Waals surface area (Å²) in [5, 5.41) is 14.4. The number of aliphatic hydroxyl groups excluding tert-OH is 1. The summed E-state index contributed by atoms with van der Waals surface area (Å²) in [7, 11) is 0. The Morgan fingerprint density at radius 3 is 2.59 bits per heavy atom. The molecule has 0 amide bonds. The Labute approximate surface area is 180 Å². The highest BCUT2D eigenvalue weighted by Crippen LogP contribution is 2.41. The van der Waals surface area contributed by atoms with E-state index in [2.05, 4.69) is 39.7 Å². The van der Waals surface area contributed by atoms with Gasteiger partial charge in [0.05, 0.1) is 24.4 Å². The topological polar surface area (TPSA) is 53.3 Å². The third-order valence-corrected chi connectivity index (χ3v) is 6.02. The number of rotatable bonds is 5. The van der Waals surface area contributed by atoms with Gasteiger partial charge < -0.3 is 19.9 Å². The Balaban J connectivity index is 1.82. The number of aromatic nitrogens is 2. The van der Waals surface area contributed by atoms with Crippen molar-refractivity contribution in [1.29, 1.82) is 0 Å². The number of halogens is 1. The molecule has 1 aliphatic rings. The summed E-state index contributed by atoms with van der Waals surface area (Å²) < 4.78 is 2.22. The van der Waals surface area contributed by atoms with Gasteiger partial charge in [-0.05, 0) is 74.1 Å². The van der Waals surface area contributed by atoms with E-state index in [1.54, 1.807) is 6.20 Å². The van der Waals surface area contributed by atoms with Crippen LogP contribution in [0, 0.1) is 13.8 Å². The first-order valence-electron chi connectivity index (χ1n) is 9.55. The van der Waals surface area contributed by atoms with Gasteiger partial charge in [0.1, 0.15) is 0 Å². The Kier molecular flexibility index (Phi) is 5.58. The number of β-amino-alcohol motifs (C(OH)–C–C–N with tert-alkyl or cyclic N) is 1. The molecule has 0 spiro atoms. The Bertz CT molecular complexity index is 1020. The minimum atomic E-state index is -0.0885. The molecule has 2 atom stereocenters. The van der Waals surface area contributed by atoms with Crippen LogP contribution in [0.15, 0.2) is 54.7 Å². The first-order valence-corrected chi connectivity index (χ1v) is 10.3. The number of nitrogens with zero attached hydrogens (tertiary/aromatic N) is 3. The molecule has 1 aromatic carbocycles. The van der Waals surface area contributed by atoms with E-state index in [1.165, 1.54) is 0 Å². The second-order valence-corrected chi connectivity index (χ2v) is 8.01. The molecular weight excluding hydrogens is 404 g/mol. The molecule has 1 fully saturated rings. The Morgan fingerprint density at radius 2 is 1.93 bits per heavy atom. The van der Waals surface area contributed by atoms with E-state index in [0.29, 0.717) is 16.7 Å². The predicted octanol–water partition coefficient (Wildman–Crippen LogP) is 4.11. The van der Waals surface area contributed by atoms with E-state index in [1.807, 2.05) is 42.5 Å². The molecule has 4 rings (SSSR count). The molecule has 0 radical (unpaired) electrons. The molecule has 29 heavy (non-hydrogen) atoms. The van der Waals surface area contributed by atoms with Gasteiger partial charge in [0, 0.05) is 34.8 Å². The lowest BCUT2D eigenvalue weighted by Crippen LogP contribution is -2.32. The van der Waals surface area contributed by atoms with Gasteiger partial charge in [-0.25, -0.2) is 0 Å². The van der Waals surface area contributed by atoms with Gasteiger partial charge >= 0.3 is 0 Å². The standard InChI is InChI=1S/C22H23ClN4OS/c1-14-13-18(15(2)27(14)17-8-6-16(23)7-9-17)21-20(19-5-3-4-10-24-19)25-22(29)26(21)11-12-28/h3-10,13,20-21,28H,11-12H2,1-2H3,(H,25,29)/t20-,21+/m0/s1. The summed E-state index contributed by atoms with van der Waals surface area (Å²) in [6, 6.07) is 15.8. The average molecular weight is 427 g/mol. The maximum atomic E-state index is 9.64. The van der Waals surface area contributed by atoms with Crippen molar-refractivity contribution in [3.05, 3.63) is 82.4 Å². The lowest BCUT2D eigenvalue weighted by molar-refractivity contribution is 0.223. The third kappa shape index (κ3) is 3.64. The van der Waals surface area contributed by atoms with E-state index < -0.39 is 0 Å². The second-order valence-electron chi connectivity index (χ2n) is 7.18. The quantitative estimate of drug-likeness (QED) is 0.601. The van der Waals surface area contributed by atoms with Gasteiger partial charge in [-0.2, -0.15) is 0 Å². The maximum Gasteiger partial charge on any atom is 0.170 e. The molecule has 2 aromatic heterocycles. The predicted molar refractivity (Wildman–Crippen MR) is 119 cm³/mol. The van der Waals surface area contributed by atoms with Gasteiger partial charge in [0.2, 0.25) is 0 Å². The van der Waals surface area contributed by atoms with Crippen molar-refractivity contribution in [3.8, 4) is 5.69 Å². The van der Waals surface area contributed by atoms with E-state index >= 15 is 0 Å². The van der Waals surface area contributed by atoms with E-state index in [0.717, 1.165) is 28.3 Å². The van der Waals surface area contributed by atoms with Crippen LogP contribution in [0.2, 0.25) is 5.02 Å². The van der Waals surface area contributed by atoms with E-state index in [-0.39, 0.29) is 18.7 Å². The number of pyridine rings is 1.